The standard InChI is InChI=1S/C25H21ClFN3O3/c26-19-8-6-16(7-9-19)11-21-14-28-24(32-21)18-4-2-10-30(15-18)25(31)23-13-22(29-33-23)17-3-1-5-20(27)12-17/h1,3,5-9,12-14,18H,2,4,10-11,15H2/t18-/m1/s1. The van der Waals surface area contributed by atoms with E-state index in [0.29, 0.717) is 41.7 Å². The molecule has 1 amide bonds. The number of likely N-dealkylation sites (tertiary alicyclic amines) is 1. The summed E-state index contributed by atoms with van der Waals surface area (Å²) in [6, 6.07) is 15.2. The van der Waals surface area contributed by atoms with Crippen LogP contribution in [0.15, 0.2) is 69.7 Å². The van der Waals surface area contributed by atoms with Gasteiger partial charge in [-0.25, -0.2) is 9.37 Å². The van der Waals surface area contributed by atoms with Gasteiger partial charge in [0.2, 0.25) is 5.76 Å². The van der Waals surface area contributed by atoms with Crippen LogP contribution in [0.5, 0.6) is 0 Å². The van der Waals surface area contributed by atoms with Crippen molar-refractivity contribution in [1.29, 1.82) is 0 Å². The predicted molar refractivity (Wildman–Crippen MR) is 121 cm³/mol. The fraction of sp³-hybridized carbons (Fsp3) is 0.240. The lowest BCUT2D eigenvalue weighted by atomic mass is 9.98. The second-order valence-electron chi connectivity index (χ2n) is 8.15. The Morgan fingerprint density at radius 1 is 1.18 bits per heavy atom. The molecule has 8 heteroatoms. The van der Waals surface area contributed by atoms with E-state index in [1.54, 1.807) is 29.3 Å². The molecule has 5 rings (SSSR count). The Morgan fingerprint density at radius 2 is 2.03 bits per heavy atom. The monoisotopic (exact) mass is 465 g/mol. The molecule has 0 N–H and O–H groups in total. The number of carbonyl (C=O) groups is 1. The van der Waals surface area contributed by atoms with Gasteiger partial charge in [0.1, 0.15) is 17.3 Å². The normalized spacial score (nSPS) is 16.2. The van der Waals surface area contributed by atoms with Gasteiger partial charge in [0, 0.05) is 36.2 Å². The van der Waals surface area contributed by atoms with E-state index in [1.807, 2.05) is 24.3 Å². The van der Waals surface area contributed by atoms with Crippen molar-refractivity contribution in [2.24, 2.45) is 0 Å². The number of rotatable bonds is 5. The summed E-state index contributed by atoms with van der Waals surface area (Å²) in [5.74, 6) is 0.921. The first-order valence-electron chi connectivity index (χ1n) is 10.8. The number of piperidine rings is 1. The molecule has 3 heterocycles. The van der Waals surface area contributed by atoms with Crippen LogP contribution in [0.25, 0.3) is 11.3 Å². The molecule has 1 fully saturated rings. The van der Waals surface area contributed by atoms with Crippen molar-refractivity contribution in [3.8, 4) is 11.3 Å². The fourth-order valence-electron chi connectivity index (χ4n) is 4.08. The Bertz CT molecular complexity index is 1270. The molecule has 1 saturated heterocycles. The van der Waals surface area contributed by atoms with Crippen LogP contribution in [0.3, 0.4) is 0 Å². The number of nitrogens with zero attached hydrogens (tertiary/aromatic N) is 3. The van der Waals surface area contributed by atoms with Crippen LogP contribution < -0.4 is 0 Å². The first-order chi connectivity index (χ1) is 16.0. The molecule has 0 aliphatic carbocycles. The van der Waals surface area contributed by atoms with E-state index in [4.69, 9.17) is 20.5 Å². The topological polar surface area (TPSA) is 72.4 Å². The zero-order chi connectivity index (χ0) is 22.8. The van der Waals surface area contributed by atoms with Gasteiger partial charge in [-0.3, -0.25) is 4.79 Å². The van der Waals surface area contributed by atoms with Crippen LogP contribution in [-0.4, -0.2) is 34.0 Å². The highest BCUT2D eigenvalue weighted by Gasteiger charge is 2.30. The Labute approximate surface area is 195 Å². The highest BCUT2D eigenvalue weighted by Crippen LogP contribution is 2.29. The van der Waals surface area contributed by atoms with Gasteiger partial charge in [0.15, 0.2) is 5.89 Å². The maximum atomic E-state index is 13.5. The van der Waals surface area contributed by atoms with Crippen LogP contribution in [0, 0.1) is 5.82 Å². The highest BCUT2D eigenvalue weighted by molar-refractivity contribution is 6.30. The fourth-order valence-corrected chi connectivity index (χ4v) is 4.20. The summed E-state index contributed by atoms with van der Waals surface area (Å²) in [5.41, 5.74) is 2.07. The largest absolute Gasteiger partial charge is 0.445 e. The molecule has 4 aromatic rings. The summed E-state index contributed by atoms with van der Waals surface area (Å²) in [6.45, 7) is 1.10. The number of halogens is 2. The third kappa shape index (κ3) is 4.83. The van der Waals surface area contributed by atoms with Crippen molar-refractivity contribution in [2.75, 3.05) is 13.1 Å². The van der Waals surface area contributed by atoms with Crippen LogP contribution in [-0.2, 0) is 6.42 Å². The number of aromatic nitrogens is 2. The number of hydrogen-bond donors (Lipinski definition) is 0. The summed E-state index contributed by atoms with van der Waals surface area (Å²) < 4.78 is 24.8. The summed E-state index contributed by atoms with van der Waals surface area (Å²) in [6.07, 6.45) is 4.08. The zero-order valence-electron chi connectivity index (χ0n) is 17.7. The van der Waals surface area contributed by atoms with Gasteiger partial charge in [0.25, 0.3) is 5.91 Å². The van der Waals surface area contributed by atoms with E-state index < -0.39 is 0 Å². The lowest BCUT2D eigenvalue weighted by Gasteiger charge is -2.30. The number of carbonyl (C=O) groups excluding carboxylic acids is 1. The molecular formula is C25H21ClFN3O3. The molecule has 2 aromatic heterocycles. The SMILES string of the molecule is O=C(c1cc(-c2cccc(F)c2)no1)N1CCC[C@@H](c2ncc(Cc3ccc(Cl)cc3)o2)C1. The van der Waals surface area contributed by atoms with Crippen molar-refractivity contribution in [1.82, 2.24) is 15.0 Å². The summed E-state index contributed by atoms with van der Waals surface area (Å²) in [5, 5.41) is 4.63. The van der Waals surface area contributed by atoms with Crippen molar-refractivity contribution < 1.29 is 18.1 Å². The minimum Gasteiger partial charge on any atom is -0.445 e. The summed E-state index contributed by atoms with van der Waals surface area (Å²) in [4.78, 5) is 19.2. The minimum absolute atomic E-state index is 0.00674. The Kier molecular flexibility index (Phi) is 5.96. The van der Waals surface area contributed by atoms with Crippen molar-refractivity contribution in [2.45, 2.75) is 25.2 Å². The molecule has 1 aliphatic heterocycles. The number of amides is 1. The van der Waals surface area contributed by atoms with E-state index in [1.165, 1.54) is 12.1 Å². The second-order valence-corrected chi connectivity index (χ2v) is 8.58. The van der Waals surface area contributed by atoms with Crippen LogP contribution in [0.2, 0.25) is 5.02 Å². The highest BCUT2D eigenvalue weighted by atomic mass is 35.5. The van der Waals surface area contributed by atoms with Crippen LogP contribution >= 0.6 is 11.6 Å². The molecular weight excluding hydrogens is 445 g/mol. The van der Waals surface area contributed by atoms with Gasteiger partial charge in [-0.2, -0.15) is 0 Å². The van der Waals surface area contributed by atoms with Crippen molar-refractivity contribution >= 4 is 17.5 Å². The molecule has 0 saturated carbocycles. The quantitative estimate of drug-likeness (QED) is 0.376. The molecule has 1 atom stereocenters. The first kappa shape index (κ1) is 21.4. The minimum atomic E-state index is -0.372. The molecule has 0 radical (unpaired) electrons. The average Bonchev–Trinajstić information content (AvgIpc) is 3.51. The molecule has 0 unspecified atom stereocenters. The third-order valence-corrected chi connectivity index (χ3v) is 6.01. The van der Waals surface area contributed by atoms with E-state index in [9.17, 15) is 9.18 Å². The van der Waals surface area contributed by atoms with Gasteiger partial charge < -0.3 is 13.8 Å². The molecule has 0 bridgehead atoms. The smallest absolute Gasteiger partial charge is 0.292 e. The molecule has 168 valence electrons. The summed E-state index contributed by atoms with van der Waals surface area (Å²) >= 11 is 5.95. The van der Waals surface area contributed by atoms with Gasteiger partial charge >= 0.3 is 0 Å². The number of benzene rings is 2. The van der Waals surface area contributed by atoms with E-state index in [-0.39, 0.29) is 23.4 Å². The number of hydrogen-bond acceptors (Lipinski definition) is 5. The van der Waals surface area contributed by atoms with Crippen LogP contribution in [0.1, 0.15) is 46.5 Å². The molecule has 33 heavy (non-hydrogen) atoms. The lowest BCUT2D eigenvalue weighted by Crippen LogP contribution is -2.39. The van der Waals surface area contributed by atoms with Crippen LogP contribution in [0.4, 0.5) is 4.39 Å². The van der Waals surface area contributed by atoms with E-state index in [0.717, 1.165) is 24.2 Å². The van der Waals surface area contributed by atoms with Gasteiger partial charge in [0.05, 0.1) is 12.1 Å². The van der Waals surface area contributed by atoms with E-state index in [2.05, 4.69) is 10.1 Å². The Balaban J connectivity index is 1.26. The predicted octanol–water partition coefficient (Wildman–Crippen LogP) is 5.73. The van der Waals surface area contributed by atoms with Gasteiger partial charge in [-0.15, -0.1) is 0 Å². The molecule has 1 aliphatic rings. The molecule has 2 aromatic carbocycles. The third-order valence-electron chi connectivity index (χ3n) is 5.76. The second kappa shape index (κ2) is 9.19. The lowest BCUT2D eigenvalue weighted by molar-refractivity contribution is 0.0656. The molecule has 0 spiro atoms. The van der Waals surface area contributed by atoms with E-state index >= 15 is 0 Å². The zero-order valence-corrected chi connectivity index (χ0v) is 18.5. The van der Waals surface area contributed by atoms with Crippen molar-refractivity contribution in [3.05, 3.63) is 94.6 Å². The first-order valence-corrected chi connectivity index (χ1v) is 11.1. The van der Waals surface area contributed by atoms with Gasteiger partial charge in [-0.1, -0.05) is 41.0 Å². The number of oxazole rings is 1. The maximum Gasteiger partial charge on any atom is 0.292 e. The average molecular weight is 466 g/mol. The van der Waals surface area contributed by atoms with Gasteiger partial charge in [-0.05, 0) is 42.7 Å². The molecule has 6 nitrogen and oxygen atoms in total. The summed E-state index contributed by atoms with van der Waals surface area (Å²) in [7, 11) is 0. The van der Waals surface area contributed by atoms with Crippen molar-refractivity contribution in [3.63, 3.8) is 0 Å². The Hall–Kier alpha value is -3.45. The maximum absolute atomic E-state index is 13.5. The Morgan fingerprint density at radius 3 is 2.85 bits per heavy atom.